The number of carbonyl (C=O) groups excluding carboxylic acids is 1. The molecule has 0 aliphatic heterocycles. The Kier molecular flexibility index (Phi) is 7.69. The third-order valence-corrected chi connectivity index (χ3v) is 2.64. The van der Waals surface area contributed by atoms with Gasteiger partial charge in [0.05, 0.1) is 25.4 Å². The van der Waals surface area contributed by atoms with Crippen LogP contribution < -0.4 is 15.4 Å². The summed E-state index contributed by atoms with van der Waals surface area (Å²) in [4.78, 5) is 11.8. The molecule has 0 spiro atoms. The number of nitrogens with one attached hydrogen (secondary N) is 2. The molecule has 1 amide bonds. The van der Waals surface area contributed by atoms with Gasteiger partial charge in [-0.05, 0) is 31.0 Å². The molecular weight excluding hydrogens is 256 g/mol. The molecule has 1 rings (SSSR count). The summed E-state index contributed by atoms with van der Waals surface area (Å²) in [5.74, 6) is 0.628. The molecule has 0 unspecified atom stereocenters. The van der Waals surface area contributed by atoms with E-state index in [2.05, 4.69) is 10.6 Å². The number of amides is 1. The second kappa shape index (κ2) is 9.34. The van der Waals surface area contributed by atoms with Crippen LogP contribution in [0.5, 0.6) is 5.75 Å². The highest BCUT2D eigenvalue weighted by atomic mass is 16.5. The summed E-state index contributed by atoms with van der Waals surface area (Å²) >= 11 is 0. The fourth-order valence-corrected chi connectivity index (χ4v) is 1.63. The number of anilines is 1. The Morgan fingerprint density at radius 3 is 2.80 bits per heavy atom. The lowest BCUT2D eigenvalue weighted by Gasteiger charge is -2.13. The summed E-state index contributed by atoms with van der Waals surface area (Å²) in [5.41, 5.74) is 1.81. The fourth-order valence-electron chi connectivity index (χ4n) is 1.63. The van der Waals surface area contributed by atoms with Crippen LogP contribution in [-0.2, 0) is 9.53 Å². The van der Waals surface area contributed by atoms with Crippen LogP contribution in [-0.4, -0.2) is 39.3 Å². The Morgan fingerprint density at radius 2 is 2.10 bits per heavy atom. The molecule has 1 aromatic rings. The Bertz CT molecular complexity index is 422. The molecule has 0 bridgehead atoms. The van der Waals surface area contributed by atoms with E-state index in [-0.39, 0.29) is 12.5 Å². The van der Waals surface area contributed by atoms with Crippen molar-refractivity contribution >= 4 is 11.6 Å². The number of hydrogen-bond donors (Lipinski definition) is 2. The molecule has 1 aromatic carbocycles. The third kappa shape index (κ3) is 6.04. The maximum absolute atomic E-state index is 11.8. The van der Waals surface area contributed by atoms with Crippen molar-refractivity contribution in [2.75, 3.05) is 38.7 Å². The van der Waals surface area contributed by atoms with Crippen LogP contribution in [0.2, 0.25) is 0 Å². The zero-order valence-electron chi connectivity index (χ0n) is 12.5. The molecule has 20 heavy (non-hydrogen) atoms. The van der Waals surface area contributed by atoms with Gasteiger partial charge in [0.25, 0.3) is 0 Å². The molecule has 0 aromatic heterocycles. The van der Waals surface area contributed by atoms with E-state index in [1.54, 1.807) is 7.11 Å². The first kappa shape index (κ1) is 16.5. The van der Waals surface area contributed by atoms with Gasteiger partial charge in [-0.25, -0.2) is 0 Å². The van der Waals surface area contributed by atoms with E-state index in [9.17, 15) is 4.79 Å². The Morgan fingerprint density at radius 1 is 1.30 bits per heavy atom. The van der Waals surface area contributed by atoms with Crippen molar-refractivity contribution in [3.8, 4) is 5.75 Å². The van der Waals surface area contributed by atoms with E-state index in [4.69, 9.17) is 9.47 Å². The summed E-state index contributed by atoms with van der Waals surface area (Å²) in [6.45, 7) is 6.17. The standard InChI is InChI=1S/C15H24N2O3/c1-4-8-20-14-10-12(2)5-6-13(14)17-15(18)11-16-7-9-19-3/h5-6,10,16H,4,7-9,11H2,1-3H3,(H,17,18). The lowest BCUT2D eigenvalue weighted by atomic mass is 10.2. The van der Waals surface area contributed by atoms with Gasteiger partial charge >= 0.3 is 0 Å². The zero-order chi connectivity index (χ0) is 14.8. The van der Waals surface area contributed by atoms with Crippen molar-refractivity contribution in [1.29, 1.82) is 0 Å². The molecule has 5 heteroatoms. The predicted molar refractivity (Wildman–Crippen MR) is 80.3 cm³/mol. The smallest absolute Gasteiger partial charge is 0.238 e. The van der Waals surface area contributed by atoms with Crippen molar-refractivity contribution < 1.29 is 14.3 Å². The molecule has 0 aliphatic rings. The van der Waals surface area contributed by atoms with Crippen molar-refractivity contribution in [2.24, 2.45) is 0 Å². The van der Waals surface area contributed by atoms with Crippen LogP contribution in [0.3, 0.4) is 0 Å². The van der Waals surface area contributed by atoms with Crippen molar-refractivity contribution in [3.63, 3.8) is 0 Å². The molecule has 112 valence electrons. The SMILES string of the molecule is CCCOc1cc(C)ccc1NC(=O)CNCCOC. The Hall–Kier alpha value is -1.59. The van der Waals surface area contributed by atoms with Gasteiger partial charge in [-0.15, -0.1) is 0 Å². The number of hydrogen-bond acceptors (Lipinski definition) is 4. The average molecular weight is 280 g/mol. The molecule has 0 aliphatic carbocycles. The highest BCUT2D eigenvalue weighted by Gasteiger charge is 2.08. The van der Waals surface area contributed by atoms with E-state index in [0.717, 1.165) is 17.7 Å². The highest BCUT2D eigenvalue weighted by Crippen LogP contribution is 2.25. The normalized spacial score (nSPS) is 10.3. The minimum Gasteiger partial charge on any atom is -0.491 e. The van der Waals surface area contributed by atoms with Crippen LogP contribution in [0.4, 0.5) is 5.69 Å². The molecular formula is C15H24N2O3. The van der Waals surface area contributed by atoms with E-state index in [1.807, 2.05) is 32.0 Å². The predicted octanol–water partition coefficient (Wildman–Crippen LogP) is 1.96. The number of methoxy groups -OCH3 is 1. The Labute approximate surface area is 120 Å². The first-order chi connectivity index (χ1) is 9.67. The van der Waals surface area contributed by atoms with Gasteiger partial charge < -0.3 is 20.1 Å². The second-order valence-electron chi connectivity index (χ2n) is 4.57. The van der Waals surface area contributed by atoms with E-state index in [0.29, 0.717) is 25.4 Å². The minimum atomic E-state index is -0.0914. The lowest BCUT2D eigenvalue weighted by Crippen LogP contribution is -2.30. The minimum absolute atomic E-state index is 0.0914. The second-order valence-corrected chi connectivity index (χ2v) is 4.57. The van der Waals surface area contributed by atoms with Crippen LogP contribution in [0, 0.1) is 6.92 Å². The number of benzene rings is 1. The molecule has 5 nitrogen and oxygen atoms in total. The molecule has 2 N–H and O–H groups in total. The van der Waals surface area contributed by atoms with Crippen LogP contribution in [0.25, 0.3) is 0 Å². The monoisotopic (exact) mass is 280 g/mol. The highest BCUT2D eigenvalue weighted by molar-refractivity contribution is 5.93. The average Bonchev–Trinajstić information content (AvgIpc) is 2.44. The first-order valence-corrected chi connectivity index (χ1v) is 6.90. The van der Waals surface area contributed by atoms with Gasteiger partial charge in [0, 0.05) is 13.7 Å². The summed E-state index contributed by atoms with van der Waals surface area (Å²) in [7, 11) is 1.63. The van der Waals surface area contributed by atoms with Gasteiger partial charge in [0.1, 0.15) is 5.75 Å². The molecule has 0 heterocycles. The van der Waals surface area contributed by atoms with E-state index < -0.39 is 0 Å². The third-order valence-electron chi connectivity index (χ3n) is 2.64. The Balaban J connectivity index is 2.54. The molecule has 0 saturated carbocycles. The van der Waals surface area contributed by atoms with Gasteiger partial charge in [-0.1, -0.05) is 13.0 Å². The maximum Gasteiger partial charge on any atom is 0.238 e. The summed E-state index contributed by atoms with van der Waals surface area (Å²) in [5, 5.41) is 5.86. The number of rotatable bonds is 9. The van der Waals surface area contributed by atoms with Crippen molar-refractivity contribution in [2.45, 2.75) is 20.3 Å². The van der Waals surface area contributed by atoms with Gasteiger partial charge in [-0.3, -0.25) is 4.79 Å². The summed E-state index contributed by atoms with van der Waals surface area (Å²) < 4.78 is 10.6. The quantitative estimate of drug-likeness (QED) is 0.679. The lowest BCUT2D eigenvalue weighted by molar-refractivity contribution is -0.115. The number of ether oxygens (including phenoxy) is 2. The molecule has 0 atom stereocenters. The van der Waals surface area contributed by atoms with Crippen LogP contribution in [0.15, 0.2) is 18.2 Å². The van der Waals surface area contributed by atoms with Crippen LogP contribution >= 0.6 is 0 Å². The summed E-state index contributed by atoms with van der Waals surface area (Å²) in [6, 6.07) is 5.75. The van der Waals surface area contributed by atoms with Crippen LogP contribution in [0.1, 0.15) is 18.9 Å². The number of carbonyl (C=O) groups is 1. The molecule has 0 fully saturated rings. The van der Waals surface area contributed by atoms with E-state index in [1.165, 1.54) is 0 Å². The van der Waals surface area contributed by atoms with Crippen molar-refractivity contribution in [3.05, 3.63) is 23.8 Å². The zero-order valence-corrected chi connectivity index (χ0v) is 12.5. The topological polar surface area (TPSA) is 59.6 Å². The van der Waals surface area contributed by atoms with Gasteiger partial charge in [0.15, 0.2) is 0 Å². The molecule has 0 saturated heterocycles. The summed E-state index contributed by atoms with van der Waals surface area (Å²) in [6.07, 6.45) is 0.930. The van der Waals surface area contributed by atoms with Crippen molar-refractivity contribution in [1.82, 2.24) is 5.32 Å². The largest absolute Gasteiger partial charge is 0.491 e. The number of aryl methyl sites for hydroxylation is 1. The van der Waals surface area contributed by atoms with E-state index >= 15 is 0 Å². The fraction of sp³-hybridized carbons (Fsp3) is 0.533. The maximum atomic E-state index is 11.8. The van der Waals surface area contributed by atoms with Gasteiger partial charge in [0.2, 0.25) is 5.91 Å². The first-order valence-electron chi connectivity index (χ1n) is 6.90. The van der Waals surface area contributed by atoms with Gasteiger partial charge in [-0.2, -0.15) is 0 Å². The molecule has 0 radical (unpaired) electrons.